The van der Waals surface area contributed by atoms with E-state index in [-0.39, 0.29) is 18.0 Å². The number of halogens is 2. The van der Waals surface area contributed by atoms with Crippen molar-refractivity contribution in [1.29, 1.82) is 0 Å². The lowest BCUT2D eigenvalue weighted by Crippen LogP contribution is -2.49. The topological polar surface area (TPSA) is 61.0 Å². The van der Waals surface area contributed by atoms with E-state index in [0.717, 1.165) is 19.6 Å². The molecule has 0 amide bonds. The first kappa shape index (κ1) is 16.2. The van der Waals surface area contributed by atoms with Gasteiger partial charge in [-0.15, -0.1) is 12.4 Å². The predicted octanol–water partition coefficient (Wildman–Crippen LogP) is 1.79. The zero-order chi connectivity index (χ0) is 14.1. The van der Waals surface area contributed by atoms with E-state index in [4.69, 9.17) is 11.6 Å². The Hall–Kier alpha value is -1.14. The molecule has 1 atom stereocenters. The lowest BCUT2D eigenvalue weighted by molar-refractivity contribution is 0.162. The summed E-state index contributed by atoms with van der Waals surface area (Å²) in [6.07, 6.45) is 0. The van der Waals surface area contributed by atoms with Crippen LogP contribution in [-0.2, 0) is 6.54 Å². The molecular weight excluding hydrogens is 311 g/mol. The molecule has 0 bridgehead atoms. The van der Waals surface area contributed by atoms with Crippen molar-refractivity contribution in [2.24, 2.45) is 0 Å². The molecular formula is C14H18Cl2N4O. The van der Waals surface area contributed by atoms with Crippen molar-refractivity contribution in [3.63, 3.8) is 0 Å². The molecule has 1 aromatic carbocycles. The van der Waals surface area contributed by atoms with E-state index in [0.29, 0.717) is 34.3 Å². The normalized spacial score (nSPS) is 19.4. The molecule has 1 aromatic heterocycles. The van der Waals surface area contributed by atoms with Crippen molar-refractivity contribution in [1.82, 2.24) is 20.2 Å². The Morgan fingerprint density at radius 2 is 2.29 bits per heavy atom. The van der Waals surface area contributed by atoms with Gasteiger partial charge in [0.05, 0.1) is 17.4 Å². The molecule has 1 saturated heterocycles. The largest absolute Gasteiger partial charge is 0.314 e. The van der Waals surface area contributed by atoms with Crippen molar-refractivity contribution in [2.75, 3.05) is 19.6 Å². The second-order valence-electron chi connectivity index (χ2n) is 5.20. The number of hydrogen-bond acceptors (Lipinski definition) is 4. The van der Waals surface area contributed by atoms with Gasteiger partial charge in [-0.3, -0.25) is 9.69 Å². The molecule has 114 valence electrons. The number of fused-ring (bicyclic) bond motifs is 1. The zero-order valence-corrected chi connectivity index (χ0v) is 13.3. The van der Waals surface area contributed by atoms with Gasteiger partial charge in [0, 0.05) is 30.7 Å². The van der Waals surface area contributed by atoms with Crippen LogP contribution in [0.25, 0.3) is 10.9 Å². The van der Waals surface area contributed by atoms with Crippen molar-refractivity contribution in [2.45, 2.75) is 19.5 Å². The van der Waals surface area contributed by atoms with Crippen molar-refractivity contribution < 1.29 is 0 Å². The Balaban J connectivity index is 0.00000161. The van der Waals surface area contributed by atoms with Gasteiger partial charge in [-0.05, 0) is 25.1 Å². The third kappa shape index (κ3) is 3.55. The van der Waals surface area contributed by atoms with Gasteiger partial charge in [0.25, 0.3) is 5.56 Å². The third-order valence-corrected chi connectivity index (χ3v) is 3.94. The number of nitrogens with zero attached hydrogens (tertiary/aromatic N) is 2. The summed E-state index contributed by atoms with van der Waals surface area (Å²) < 4.78 is 0. The summed E-state index contributed by atoms with van der Waals surface area (Å²) in [7, 11) is 0. The van der Waals surface area contributed by atoms with Crippen molar-refractivity contribution in [3.05, 3.63) is 39.4 Å². The summed E-state index contributed by atoms with van der Waals surface area (Å²) in [5.41, 5.74) is 0.561. The van der Waals surface area contributed by atoms with Gasteiger partial charge < -0.3 is 10.3 Å². The van der Waals surface area contributed by atoms with Gasteiger partial charge in [0.1, 0.15) is 5.82 Å². The molecule has 0 aliphatic carbocycles. The van der Waals surface area contributed by atoms with Crippen LogP contribution in [0.1, 0.15) is 12.7 Å². The summed E-state index contributed by atoms with van der Waals surface area (Å²) >= 11 is 5.91. The summed E-state index contributed by atoms with van der Waals surface area (Å²) in [6, 6.07) is 5.64. The van der Waals surface area contributed by atoms with E-state index < -0.39 is 0 Å². The minimum atomic E-state index is -0.129. The first-order valence-corrected chi connectivity index (χ1v) is 7.14. The highest BCUT2D eigenvalue weighted by molar-refractivity contribution is 6.31. The minimum absolute atomic E-state index is 0. The Kier molecular flexibility index (Phi) is 5.22. The fourth-order valence-corrected chi connectivity index (χ4v) is 2.72. The zero-order valence-electron chi connectivity index (χ0n) is 11.7. The standard InChI is InChI=1S/C14H17ClN4O.ClH/c1-9-7-16-4-5-19(9)8-13-17-12-3-2-10(15)6-11(12)14(20)18-13;/h2-3,6,9,16H,4-5,7-8H2,1H3,(H,17,18,20);1H/t9-;/m1./s1. The first-order chi connectivity index (χ1) is 9.63. The molecule has 2 N–H and O–H groups in total. The second kappa shape index (κ2) is 6.75. The van der Waals surface area contributed by atoms with Crippen molar-refractivity contribution >= 4 is 34.9 Å². The number of piperazine rings is 1. The van der Waals surface area contributed by atoms with Gasteiger partial charge >= 0.3 is 0 Å². The number of aromatic nitrogens is 2. The average molecular weight is 329 g/mol. The fourth-order valence-electron chi connectivity index (χ4n) is 2.54. The maximum atomic E-state index is 12.1. The summed E-state index contributed by atoms with van der Waals surface area (Å²) in [6.45, 7) is 5.73. The highest BCUT2D eigenvalue weighted by Crippen LogP contribution is 2.15. The molecule has 1 aliphatic rings. The summed E-state index contributed by atoms with van der Waals surface area (Å²) in [5.74, 6) is 0.707. The van der Waals surface area contributed by atoms with E-state index in [2.05, 4.69) is 27.1 Å². The number of H-pyrrole nitrogens is 1. The monoisotopic (exact) mass is 328 g/mol. The van der Waals surface area contributed by atoms with Gasteiger partial charge in [0.2, 0.25) is 0 Å². The molecule has 1 aliphatic heterocycles. The molecule has 0 spiro atoms. The second-order valence-corrected chi connectivity index (χ2v) is 5.63. The molecule has 2 aromatic rings. The van der Waals surface area contributed by atoms with E-state index in [9.17, 15) is 4.79 Å². The molecule has 5 nitrogen and oxygen atoms in total. The number of benzene rings is 1. The maximum Gasteiger partial charge on any atom is 0.258 e. The number of hydrogen-bond donors (Lipinski definition) is 2. The van der Waals surface area contributed by atoms with Crippen LogP contribution in [0.5, 0.6) is 0 Å². The summed E-state index contributed by atoms with van der Waals surface area (Å²) in [5, 5.41) is 4.43. The Morgan fingerprint density at radius 3 is 3.05 bits per heavy atom. The Morgan fingerprint density at radius 1 is 1.48 bits per heavy atom. The molecule has 1 fully saturated rings. The SMILES string of the molecule is C[C@@H]1CNCCN1Cc1nc2ccc(Cl)cc2c(=O)[nH]1.Cl. The van der Waals surface area contributed by atoms with Crippen LogP contribution in [0.4, 0.5) is 0 Å². The molecule has 21 heavy (non-hydrogen) atoms. The quantitative estimate of drug-likeness (QED) is 0.882. The van der Waals surface area contributed by atoms with E-state index in [1.807, 2.05) is 0 Å². The minimum Gasteiger partial charge on any atom is -0.314 e. The lowest BCUT2D eigenvalue weighted by atomic mass is 10.2. The van der Waals surface area contributed by atoms with Gasteiger partial charge in [-0.2, -0.15) is 0 Å². The highest BCUT2D eigenvalue weighted by Gasteiger charge is 2.19. The number of nitrogens with one attached hydrogen (secondary N) is 2. The van der Waals surface area contributed by atoms with Gasteiger partial charge in [-0.1, -0.05) is 11.6 Å². The van der Waals surface area contributed by atoms with Gasteiger partial charge in [-0.25, -0.2) is 4.98 Å². The molecule has 2 heterocycles. The predicted molar refractivity (Wildman–Crippen MR) is 87.4 cm³/mol. The molecule has 7 heteroatoms. The lowest BCUT2D eigenvalue weighted by Gasteiger charge is -2.33. The summed E-state index contributed by atoms with van der Waals surface area (Å²) in [4.78, 5) is 21.8. The van der Waals surface area contributed by atoms with Crippen LogP contribution < -0.4 is 10.9 Å². The van der Waals surface area contributed by atoms with Crippen LogP contribution in [0.15, 0.2) is 23.0 Å². The van der Waals surface area contributed by atoms with Crippen molar-refractivity contribution in [3.8, 4) is 0 Å². The molecule has 3 rings (SSSR count). The number of aromatic amines is 1. The fraction of sp³-hybridized carbons (Fsp3) is 0.429. The van der Waals surface area contributed by atoms with Crippen LogP contribution in [0, 0.1) is 0 Å². The van der Waals surface area contributed by atoms with Crippen LogP contribution >= 0.6 is 24.0 Å². The first-order valence-electron chi connectivity index (χ1n) is 6.77. The maximum absolute atomic E-state index is 12.1. The third-order valence-electron chi connectivity index (χ3n) is 3.71. The van der Waals surface area contributed by atoms with Crippen LogP contribution in [0.3, 0.4) is 0 Å². The van der Waals surface area contributed by atoms with E-state index in [1.54, 1.807) is 18.2 Å². The Labute approximate surface area is 134 Å². The van der Waals surface area contributed by atoms with Gasteiger partial charge in [0.15, 0.2) is 0 Å². The number of rotatable bonds is 2. The van der Waals surface area contributed by atoms with E-state index in [1.165, 1.54) is 0 Å². The average Bonchev–Trinajstić information content (AvgIpc) is 2.42. The molecule has 0 radical (unpaired) electrons. The smallest absolute Gasteiger partial charge is 0.258 e. The molecule has 0 unspecified atom stereocenters. The van der Waals surface area contributed by atoms with E-state index >= 15 is 0 Å². The molecule has 0 saturated carbocycles. The van der Waals surface area contributed by atoms with Crippen LogP contribution in [-0.4, -0.2) is 40.5 Å². The van der Waals surface area contributed by atoms with Crippen LogP contribution in [0.2, 0.25) is 5.02 Å². The highest BCUT2D eigenvalue weighted by atomic mass is 35.5. The Bertz CT molecular complexity index is 688.